The van der Waals surface area contributed by atoms with Crippen molar-refractivity contribution in [3.8, 4) is 0 Å². The van der Waals surface area contributed by atoms with Gasteiger partial charge in [-0.15, -0.1) is 0 Å². The van der Waals surface area contributed by atoms with E-state index in [2.05, 4.69) is 55.4 Å². The third kappa shape index (κ3) is 5.36. The molecule has 134 valence electrons. The van der Waals surface area contributed by atoms with Crippen molar-refractivity contribution in [3.05, 3.63) is 11.1 Å². The van der Waals surface area contributed by atoms with Gasteiger partial charge >= 0.3 is 0 Å². The van der Waals surface area contributed by atoms with Crippen LogP contribution < -0.4 is 0 Å². The average Bonchev–Trinajstić information content (AvgIpc) is 3.36. The summed E-state index contributed by atoms with van der Waals surface area (Å²) in [7, 11) is 0. The third-order valence-corrected chi connectivity index (χ3v) is 7.10. The Hall–Kier alpha value is -0.260. The molecule has 2 aliphatic carbocycles. The van der Waals surface area contributed by atoms with E-state index in [-0.39, 0.29) is 0 Å². The second-order valence-electron chi connectivity index (χ2n) is 10.2. The summed E-state index contributed by atoms with van der Waals surface area (Å²) in [5.41, 5.74) is 4.09. The van der Waals surface area contributed by atoms with E-state index in [9.17, 15) is 0 Å². The van der Waals surface area contributed by atoms with E-state index < -0.39 is 0 Å². The lowest BCUT2D eigenvalue weighted by Crippen LogP contribution is -2.19. The molecule has 0 heterocycles. The van der Waals surface area contributed by atoms with Crippen LogP contribution in [0, 0.1) is 40.9 Å². The first-order valence-corrected chi connectivity index (χ1v) is 10.3. The molecule has 0 radical (unpaired) electrons. The first-order chi connectivity index (χ1) is 10.6. The van der Waals surface area contributed by atoms with Gasteiger partial charge in [-0.2, -0.15) is 0 Å². The molecule has 2 aliphatic rings. The van der Waals surface area contributed by atoms with E-state index in [1.165, 1.54) is 38.5 Å². The van der Waals surface area contributed by atoms with Gasteiger partial charge in [0.05, 0.1) is 0 Å². The molecule has 2 rings (SSSR count). The molecule has 2 saturated carbocycles. The molecule has 0 aromatic rings. The van der Waals surface area contributed by atoms with Gasteiger partial charge in [-0.1, -0.05) is 66.0 Å². The molecule has 0 amide bonds. The average molecular weight is 319 g/mol. The molecule has 0 saturated heterocycles. The van der Waals surface area contributed by atoms with Gasteiger partial charge in [-0.3, -0.25) is 0 Å². The second kappa shape index (κ2) is 7.32. The zero-order valence-electron chi connectivity index (χ0n) is 17.2. The largest absolute Gasteiger partial charge is 0.0707 e. The summed E-state index contributed by atoms with van der Waals surface area (Å²) in [6.45, 7) is 19.3. The van der Waals surface area contributed by atoms with Crippen LogP contribution in [0.15, 0.2) is 11.1 Å². The zero-order chi connectivity index (χ0) is 17.4. The highest BCUT2D eigenvalue weighted by Gasteiger charge is 2.43. The zero-order valence-corrected chi connectivity index (χ0v) is 17.2. The Morgan fingerprint density at radius 2 is 1.78 bits per heavy atom. The van der Waals surface area contributed by atoms with E-state index in [1.54, 1.807) is 5.57 Å². The second-order valence-corrected chi connectivity index (χ2v) is 10.2. The van der Waals surface area contributed by atoms with E-state index in [0.29, 0.717) is 5.41 Å². The Balaban J connectivity index is 1.81. The van der Waals surface area contributed by atoms with Crippen molar-refractivity contribution in [1.82, 2.24) is 0 Å². The predicted molar refractivity (Wildman–Crippen MR) is 103 cm³/mol. The number of hydrogen-bond donors (Lipinski definition) is 0. The number of allylic oxidation sites excluding steroid dienone is 2. The molecule has 0 N–H and O–H groups in total. The summed E-state index contributed by atoms with van der Waals surface area (Å²) in [6.07, 6.45) is 8.57. The van der Waals surface area contributed by atoms with Gasteiger partial charge in [0, 0.05) is 0 Å². The minimum Gasteiger partial charge on any atom is -0.0707 e. The van der Waals surface area contributed by atoms with Crippen molar-refractivity contribution in [1.29, 1.82) is 0 Å². The van der Waals surface area contributed by atoms with Crippen molar-refractivity contribution in [2.45, 2.75) is 93.9 Å². The Labute approximate surface area is 146 Å². The molecule has 0 heteroatoms. The van der Waals surface area contributed by atoms with Crippen molar-refractivity contribution in [3.63, 3.8) is 0 Å². The first kappa shape index (κ1) is 19.1. The Kier molecular flexibility index (Phi) is 6.07. The lowest BCUT2D eigenvalue weighted by atomic mass is 9.75. The third-order valence-electron chi connectivity index (χ3n) is 7.10. The summed E-state index contributed by atoms with van der Waals surface area (Å²) >= 11 is 0. The first-order valence-electron chi connectivity index (χ1n) is 10.3. The van der Waals surface area contributed by atoms with E-state index in [0.717, 1.165) is 35.5 Å². The fourth-order valence-electron chi connectivity index (χ4n) is 4.69. The molecule has 5 atom stereocenters. The van der Waals surface area contributed by atoms with Crippen LogP contribution in [0.5, 0.6) is 0 Å². The van der Waals surface area contributed by atoms with Gasteiger partial charge in [-0.25, -0.2) is 0 Å². The number of hydrogen-bond acceptors (Lipinski definition) is 0. The molecule has 0 aromatic carbocycles. The fraction of sp³-hybridized carbons (Fsp3) is 0.913. The van der Waals surface area contributed by atoms with Crippen molar-refractivity contribution in [2.75, 3.05) is 0 Å². The monoisotopic (exact) mass is 318 g/mol. The summed E-state index contributed by atoms with van der Waals surface area (Å²) in [4.78, 5) is 0. The molecule has 0 bridgehead atoms. The molecular formula is C23H42. The Morgan fingerprint density at radius 3 is 2.35 bits per heavy atom. The maximum absolute atomic E-state index is 2.48. The SMILES string of the molecule is CCC(C)(C)CC(C)C(C)C(C)=C1CC1CC1CC1CC(C)C. The molecule has 5 unspecified atom stereocenters. The van der Waals surface area contributed by atoms with Crippen LogP contribution in [0.4, 0.5) is 0 Å². The quantitative estimate of drug-likeness (QED) is 0.386. The molecular weight excluding hydrogens is 276 g/mol. The summed E-state index contributed by atoms with van der Waals surface area (Å²) in [5, 5.41) is 0. The normalized spacial score (nSPS) is 32.0. The van der Waals surface area contributed by atoms with Gasteiger partial charge in [0.1, 0.15) is 0 Å². The lowest BCUT2D eigenvalue weighted by molar-refractivity contribution is 0.236. The van der Waals surface area contributed by atoms with Gasteiger partial charge < -0.3 is 0 Å². The summed E-state index contributed by atoms with van der Waals surface area (Å²) in [6, 6.07) is 0. The maximum Gasteiger partial charge on any atom is -0.0160 e. The van der Waals surface area contributed by atoms with Crippen LogP contribution >= 0.6 is 0 Å². The minimum absolute atomic E-state index is 0.500. The molecule has 23 heavy (non-hydrogen) atoms. The molecule has 0 aromatic heterocycles. The van der Waals surface area contributed by atoms with Gasteiger partial charge in [0.15, 0.2) is 0 Å². The summed E-state index contributed by atoms with van der Waals surface area (Å²) < 4.78 is 0. The maximum atomic E-state index is 2.48. The Bertz CT molecular complexity index is 425. The highest BCUT2D eigenvalue weighted by atomic mass is 14.5. The van der Waals surface area contributed by atoms with Crippen molar-refractivity contribution >= 4 is 0 Å². The molecule has 2 fully saturated rings. The van der Waals surface area contributed by atoms with Crippen LogP contribution in [0.25, 0.3) is 0 Å². The minimum atomic E-state index is 0.500. The van der Waals surface area contributed by atoms with Crippen LogP contribution in [0.1, 0.15) is 93.9 Å². The van der Waals surface area contributed by atoms with Crippen molar-refractivity contribution < 1.29 is 0 Å². The summed E-state index contributed by atoms with van der Waals surface area (Å²) in [5.74, 6) is 5.58. The lowest BCUT2D eigenvalue weighted by Gasteiger charge is -2.30. The van der Waals surface area contributed by atoms with Crippen LogP contribution in [-0.2, 0) is 0 Å². The van der Waals surface area contributed by atoms with E-state index in [4.69, 9.17) is 0 Å². The van der Waals surface area contributed by atoms with E-state index in [1.807, 2.05) is 5.57 Å². The highest BCUT2D eigenvalue weighted by molar-refractivity contribution is 5.31. The van der Waals surface area contributed by atoms with Gasteiger partial charge in [0.2, 0.25) is 0 Å². The van der Waals surface area contributed by atoms with Crippen LogP contribution in [0.3, 0.4) is 0 Å². The highest BCUT2D eigenvalue weighted by Crippen LogP contribution is 2.55. The van der Waals surface area contributed by atoms with Crippen LogP contribution in [0.2, 0.25) is 0 Å². The smallest absolute Gasteiger partial charge is 0.0160 e. The predicted octanol–water partition coefficient (Wildman–Crippen LogP) is 7.49. The van der Waals surface area contributed by atoms with Gasteiger partial charge in [0.25, 0.3) is 0 Å². The number of rotatable bonds is 9. The Morgan fingerprint density at radius 1 is 1.13 bits per heavy atom. The molecule has 0 nitrogen and oxygen atoms in total. The van der Waals surface area contributed by atoms with E-state index >= 15 is 0 Å². The molecule has 0 aliphatic heterocycles. The van der Waals surface area contributed by atoms with Gasteiger partial charge in [-0.05, 0) is 80.0 Å². The standard InChI is InChI=1S/C23H42/c1-9-23(7,8)14-16(4)17(5)18(6)22-13-21(22)12-20-11-19(20)10-15(2)3/h15-17,19-21H,9-14H2,1-8H3. The topological polar surface area (TPSA) is 0 Å². The van der Waals surface area contributed by atoms with Crippen LogP contribution in [-0.4, -0.2) is 0 Å². The van der Waals surface area contributed by atoms with Crippen molar-refractivity contribution in [2.24, 2.45) is 40.9 Å². The molecule has 0 spiro atoms. The fourth-order valence-corrected chi connectivity index (χ4v) is 4.69.